The number of hydrogen-bond donors (Lipinski definition) is 1. The molecule has 0 saturated heterocycles. The van der Waals surface area contributed by atoms with E-state index >= 15 is 0 Å². The van der Waals surface area contributed by atoms with Gasteiger partial charge in [0.1, 0.15) is 17.7 Å². The first-order valence-electron chi connectivity index (χ1n) is 7.52. The molecule has 1 aliphatic rings. The first kappa shape index (κ1) is 14.1. The van der Waals surface area contributed by atoms with Crippen molar-refractivity contribution in [1.82, 2.24) is 5.32 Å². The van der Waals surface area contributed by atoms with Crippen molar-refractivity contribution < 1.29 is 9.13 Å². The second kappa shape index (κ2) is 6.27. The van der Waals surface area contributed by atoms with Crippen molar-refractivity contribution in [3.05, 3.63) is 65.5 Å². The maximum atomic E-state index is 13.5. The zero-order chi connectivity index (χ0) is 14.7. The third-order valence-electron chi connectivity index (χ3n) is 3.88. The largest absolute Gasteiger partial charge is 0.485 e. The molecular weight excluding hydrogens is 265 g/mol. The van der Waals surface area contributed by atoms with E-state index in [4.69, 9.17) is 4.74 Å². The van der Waals surface area contributed by atoms with Gasteiger partial charge in [0.25, 0.3) is 0 Å². The number of ether oxygens (including phenoxy) is 1. The van der Waals surface area contributed by atoms with Gasteiger partial charge >= 0.3 is 0 Å². The SMILES string of the molecule is CCCNC1CC(c2ccccc2)Oc2ccc(F)cc21. The van der Waals surface area contributed by atoms with E-state index in [1.165, 1.54) is 6.07 Å². The maximum Gasteiger partial charge on any atom is 0.126 e. The summed E-state index contributed by atoms with van der Waals surface area (Å²) in [4.78, 5) is 0. The topological polar surface area (TPSA) is 21.3 Å². The predicted molar refractivity (Wildman–Crippen MR) is 81.9 cm³/mol. The van der Waals surface area contributed by atoms with E-state index in [0.717, 1.165) is 36.3 Å². The normalized spacial score (nSPS) is 20.7. The van der Waals surface area contributed by atoms with E-state index in [0.29, 0.717) is 0 Å². The summed E-state index contributed by atoms with van der Waals surface area (Å²) in [5.74, 6) is 0.573. The number of rotatable bonds is 4. The van der Waals surface area contributed by atoms with Crippen LogP contribution in [0.25, 0.3) is 0 Å². The molecule has 0 aliphatic carbocycles. The van der Waals surface area contributed by atoms with Crippen LogP contribution in [0.4, 0.5) is 4.39 Å². The Morgan fingerprint density at radius 1 is 1.19 bits per heavy atom. The summed E-state index contributed by atoms with van der Waals surface area (Å²) < 4.78 is 19.6. The molecule has 2 aromatic carbocycles. The van der Waals surface area contributed by atoms with Gasteiger partial charge in [-0.25, -0.2) is 4.39 Å². The summed E-state index contributed by atoms with van der Waals surface area (Å²) in [7, 11) is 0. The van der Waals surface area contributed by atoms with Gasteiger partial charge in [0.2, 0.25) is 0 Å². The molecule has 0 fully saturated rings. The molecule has 2 nitrogen and oxygen atoms in total. The lowest BCUT2D eigenvalue weighted by Gasteiger charge is -2.33. The number of hydrogen-bond acceptors (Lipinski definition) is 2. The highest BCUT2D eigenvalue weighted by Crippen LogP contribution is 2.40. The molecule has 0 bridgehead atoms. The molecule has 21 heavy (non-hydrogen) atoms. The van der Waals surface area contributed by atoms with Gasteiger partial charge in [0.15, 0.2) is 0 Å². The Morgan fingerprint density at radius 2 is 2.00 bits per heavy atom. The van der Waals surface area contributed by atoms with Crippen molar-refractivity contribution in [1.29, 1.82) is 0 Å². The Morgan fingerprint density at radius 3 is 2.76 bits per heavy atom. The second-order valence-corrected chi connectivity index (χ2v) is 5.44. The van der Waals surface area contributed by atoms with Crippen molar-refractivity contribution in [3.63, 3.8) is 0 Å². The highest BCUT2D eigenvalue weighted by Gasteiger charge is 2.29. The number of benzene rings is 2. The van der Waals surface area contributed by atoms with Gasteiger partial charge in [-0.05, 0) is 36.7 Å². The van der Waals surface area contributed by atoms with Crippen molar-refractivity contribution >= 4 is 0 Å². The Balaban J connectivity index is 1.91. The van der Waals surface area contributed by atoms with Crippen LogP contribution in [0.15, 0.2) is 48.5 Å². The number of nitrogens with one attached hydrogen (secondary N) is 1. The molecule has 1 N–H and O–H groups in total. The van der Waals surface area contributed by atoms with Crippen LogP contribution in [0, 0.1) is 5.82 Å². The van der Waals surface area contributed by atoms with Crippen molar-refractivity contribution in [3.8, 4) is 5.75 Å². The Kier molecular flexibility index (Phi) is 4.20. The lowest BCUT2D eigenvalue weighted by Crippen LogP contribution is -2.29. The summed E-state index contributed by atoms with van der Waals surface area (Å²) in [5, 5.41) is 3.51. The minimum Gasteiger partial charge on any atom is -0.485 e. The monoisotopic (exact) mass is 285 g/mol. The molecule has 0 aromatic heterocycles. The molecule has 2 aromatic rings. The molecule has 0 amide bonds. The van der Waals surface area contributed by atoms with Crippen LogP contribution in [0.5, 0.6) is 5.75 Å². The quantitative estimate of drug-likeness (QED) is 0.899. The average Bonchev–Trinajstić information content (AvgIpc) is 2.53. The first-order valence-corrected chi connectivity index (χ1v) is 7.52. The van der Waals surface area contributed by atoms with Gasteiger partial charge in [-0.1, -0.05) is 37.3 Å². The van der Waals surface area contributed by atoms with Gasteiger partial charge in [-0.15, -0.1) is 0 Å². The third-order valence-corrected chi connectivity index (χ3v) is 3.88. The molecule has 1 aliphatic heterocycles. The summed E-state index contributed by atoms with van der Waals surface area (Å²) in [6.07, 6.45) is 1.89. The zero-order valence-electron chi connectivity index (χ0n) is 12.2. The van der Waals surface area contributed by atoms with E-state index in [9.17, 15) is 4.39 Å². The van der Waals surface area contributed by atoms with Crippen LogP contribution < -0.4 is 10.1 Å². The fourth-order valence-electron chi connectivity index (χ4n) is 2.83. The molecule has 0 spiro atoms. The molecule has 0 saturated carbocycles. The van der Waals surface area contributed by atoms with Crippen molar-refractivity contribution in [2.45, 2.75) is 31.9 Å². The minimum absolute atomic E-state index is 0.0125. The molecule has 110 valence electrons. The van der Waals surface area contributed by atoms with E-state index in [2.05, 4.69) is 24.4 Å². The van der Waals surface area contributed by atoms with E-state index in [1.54, 1.807) is 12.1 Å². The van der Waals surface area contributed by atoms with Gasteiger partial charge < -0.3 is 10.1 Å². The molecule has 2 unspecified atom stereocenters. The van der Waals surface area contributed by atoms with Gasteiger partial charge in [-0.3, -0.25) is 0 Å². The fourth-order valence-corrected chi connectivity index (χ4v) is 2.83. The lowest BCUT2D eigenvalue weighted by atomic mass is 9.93. The van der Waals surface area contributed by atoms with Gasteiger partial charge in [-0.2, -0.15) is 0 Å². The second-order valence-electron chi connectivity index (χ2n) is 5.44. The smallest absolute Gasteiger partial charge is 0.126 e. The Bertz CT molecular complexity index is 599. The highest BCUT2D eigenvalue weighted by molar-refractivity contribution is 5.39. The molecule has 3 heteroatoms. The van der Waals surface area contributed by atoms with Gasteiger partial charge in [0.05, 0.1) is 0 Å². The van der Waals surface area contributed by atoms with Crippen LogP contribution in [-0.4, -0.2) is 6.54 Å². The Labute approximate surface area is 125 Å². The lowest BCUT2D eigenvalue weighted by molar-refractivity contribution is 0.151. The zero-order valence-corrected chi connectivity index (χ0v) is 12.2. The molecule has 3 rings (SSSR count). The van der Waals surface area contributed by atoms with E-state index in [1.807, 2.05) is 18.2 Å². The minimum atomic E-state index is -0.209. The molecular formula is C18H20FNO. The molecule has 0 radical (unpaired) electrons. The predicted octanol–water partition coefficient (Wildman–Crippen LogP) is 4.39. The van der Waals surface area contributed by atoms with Crippen LogP contribution in [0.2, 0.25) is 0 Å². The van der Waals surface area contributed by atoms with Crippen LogP contribution >= 0.6 is 0 Å². The third kappa shape index (κ3) is 3.08. The van der Waals surface area contributed by atoms with Crippen LogP contribution in [0.1, 0.15) is 43.0 Å². The van der Waals surface area contributed by atoms with Crippen LogP contribution in [-0.2, 0) is 0 Å². The first-order chi connectivity index (χ1) is 10.3. The van der Waals surface area contributed by atoms with E-state index in [-0.39, 0.29) is 18.0 Å². The molecule has 2 atom stereocenters. The van der Waals surface area contributed by atoms with E-state index < -0.39 is 0 Å². The number of fused-ring (bicyclic) bond motifs is 1. The number of halogens is 1. The summed E-state index contributed by atoms with van der Waals surface area (Å²) >= 11 is 0. The standard InChI is InChI=1S/C18H20FNO/c1-2-10-20-16-12-18(13-6-4-3-5-7-13)21-17-9-8-14(19)11-15(16)17/h3-9,11,16,18,20H,2,10,12H2,1H3. The molecule has 1 heterocycles. The summed E-state index contributed by atoms with van der Waals surface area (Å²) in [6.45, 7) is 3.05. The van der Waals surface area contributed by atoms with Crippen molar-refractivity contribution in [2.24, 2.45) is 0 Å². The van der Waals surface area contributed by atoms with Crippen LogP contribution in [0.3, 0.4) is 0 Å². The van der Waals surface area contributed by atoms with Crippen molar-refractivity contribution in [2.75, 3.05) is 6.54 Å². The fraction of sp³-hybridized carbons (Fsp3) is 0.333. The maximum absolute atomic E-state index is 13.5. The van der Waals surface area contributed by atoms with Gasteiger partial charge in [0, 0.05) is 18.0 Å². The Hall–Kier alpha value is -1.87. The average molecular weight is 285 g/mol. The highest BCUT2D eigenvalue weighted by atomic mass is 19.1. The summed E-state index contributed by atoms with van der Waals surface area (Å²) in [6, 6.07) is 15.1. The summed E-state index contributed by atoms with van der Waals surface area (Å²) in [5.41, 5.74) is 2.09.